The number of thiocarbonyl (C=S) groups is 1. The Hall–Kier alpha value is -2.13. The van der Waals surface area contributed by atoms with E-state index in [2.05, 4.69) is 0 Å². The molecule has 1 aliphatic heterocycles. The molecule has 1 saturated heterocycles. The van der Waals surface area contributed by atoms with E-state index in [1.165, 1.54) is 4.90 Å². The van der Waals surface area contributed by atoms with Crippen molar-refractivity contribution in [2.45, 2.75) is 38.1 Å². The zero-order chi connectivity index (χ0) is 20.8. The van der Waals surface area contributed by atoms with E-state index < -0.39 is 17.2 Å². The van der Waals surface area contributed by atoms with Crippen molar-refractivity contribution in [3.8, 4) is 0 Å². The van der Waals surface area contributed by atoms with E-state index in [9.17, 15) is 14.4 Å². The lowest BCUT2D eigenvalue weighted by atomic mass is 10.0. The first-order valence-corrected chi connectivity index (χ1v) is 10.3. The Labute approximate surface area is 174 Å². The first kappa shape index (κ1) is 22.2. The van der Waals surface area contributed by atoms with E-state index in [1.54, 1.807) is 25.8 Å². The van der Waals surface area contributed by atoms with Crippen LogP contribution >= 0.6 is 24.0 Å². The Morgan fingerprint density at radius 2 is 1.68 bits per heavy atom. The van der Waals surface area contributed by atoms with Gasteiger partial charge in [0.2, 0.25) is 5.25 Å². The van der Waals surface area contributed by atoms with Crippen LogP contribution in [-0.4, -0.2) is 63.6 Å². The molecular weight excluding hydrogens is 400 g/mol. The summed E-state index contributed by atoms with van der Waals surface area (Å²) in [6.45, 7) is 5.47. The van der Waals surface area contributed by atoms with Gasteiger partial charge in [0.1, 0.15) is 4.32 Å². The molecule has 0 bridgehead atoms. The Morgan fingerprint density at radius 3 is 2.18 bits per heavy atom. The van der Waals surface area contributed by atoms with Crippen LogP contribution < -0.4 is 0 Å². The zero-order valence-electron chi connectivity index (χ0n) is 16.3. The summed E-state index contributed by atoms with van der Waals surface area (Å²) in [4.78, 5) is 40.4. The quantitative estimate of drug-likeness (QED) is 0.395. The zero-order valence-corrected chi connectivity index (χ0v) is 17.9. The summed E-state index contributed by atoms with van der Waals surface area (Å²) >= 11 is 6.29. The van der Waals surface area contributed by atoms with Gasteiger partial charge in [-0.05, 0) is 26.3 Å². The number of ether oxygens (including phenoxy) is 2. The summed E-state index contributed by atoms with van der Waals surface area (Å²) in [6, 6.07) is 8.75. The Morgan fingerprint density at radius 1 is 1.14 bits per heavy atom. The fraction of sp³-hybridized carbons (Fsp3) is 0.474. The predicted octanol–water partition coefficient (Wildman–Crippen LogP) is 3.00. The number of carbonyl (C=O) groups excluding carboxylic acids is 3. The van der Waals surface area contributed by atoms with Crippen LogP contribution in [0.4, 0.5) is 4.79 Å². The summed E-state index contributed by atoms with van der Waals surface area (Å²) in [6.07, 6.45) is 0. The molecule has 1 fully saturated rings. The third-order valence-corrected chi connectivity index (χ3v) is 5.92. The van der Waals surface area contributed by atoms with Crippen LogP contribution in [0.3, 0.4) is 0 Å². The van der Waals surface area contributed by atoms with E-state index >= 15 is 0 Å². The fourth-order valence-corrected chi connectivity index (χ4v) is 4.26. The van der Waals surface area contributed by atoms with E-state index in [0.29, 0.717) is 0 Å². The lowest BCUT2D eigenvalue weighted by molar-refractivity contribution is -0.152. The van der Waals surface area contributed by atoms with Crippen molar-refractivity contribution < 1.29 is 23.9 Å². The monoisotopic (exact) mass is 424 g/mol. The van der Waals surface area contributed by atoms with E-state index in [-0.39, 0.29) is 35.6 Å². The molecule has 7 nitrogen and oxygen atoms in total. The fourth-order valence-electron chi connectivity index (χ4n) is 2.95. The third-order valence-electron chi connectivity index (χ3n) is 4.41. The number of benzene rings is 1. The Bertz CT molecular complexity index is 725. The molecule has 0 aliphatic carbocycles. The first-order valence-electron chi connectivity index (χ1n) is 8.98. The van der Waals surface area contributed by atoms with Gasteiger partial charge in [-0.15, -0.1) is 0 Å². The number of carbonyl (C=O) groups is 3. The number of hydrogen-bond acceptors (Lipinski definition) is 7. The van der Waals surface area contributed by atoms with Crippen molar-refractivity contribution in [2.75, 3.05) is 20.3 Å². The van der Waals surface area contributed by atoms with Crippen LogP contribution in [-0.2, 0) is 19.1 Å². The van der Waals surface area contributed by atoms with Gasteiger partial charge in [0, 0.05) is 7.05 Å². The minimum Gasteiger partial charge on any atom is -0.465 e. The molecule has 1 aromatic carbocycles. The van der Waals surface area contributed by atoms with Crippen LogP contribution in [0.5, 0.6) is 0 Å². The van der Waals surface area contributed by atoms with Crippen LogP contribution in [0, 0.1) is 0 Å². The molecular formula is C19H24N2O5S2. The average Bonchev–Trinajstić information content (AvgIpc) is 2.91. The molecule has 1 aromatic rings. The summed E-state index contributed by atoms with van der Waals surface area (Å²) < 4.78 is 10.1. The number of amides is 2. The van der Waals surface area contributed by atoms with Gasteiger partial charge in [-0.3, -0.25) is 14.5 Å². The molecule has 2 rings (SSSR count). The number of hydrogen-bond donors (Lipinski definition) is 0. The molecule has 9 heteroatoms. The highest BCUT2D eigenvalue weighted by Crippen LogP contribution is 2.37. The summed E-state index contributed by atoms with van der Waals surface area (Å²) in [5.74, 6) is -1.48. The largest absolute Gasteiger partial charge is 0.465 e. The van der Waals surface area contributed by atoms with Gasteiger partial charge in [-0.2, -0.15) is 0 Å². The maximum absolute atomic E-state index is 12.8. The Kier molecular flexibility index (Phi) is 7.82. The number of rotatable bonds is 6. The number of likely N-dealkylation sites (N-methyl/N-ethyl adjacent to an activating group) is 1. The number of nitrogens with zero attached hydrogens (tertiary/aromatic N) is 2. The SMILES string of the molecule is CCOC(=O)C(SC(=S)N1C(=O)N(C)C(C)C1c1ccccc1)C(=O)OCC. The maximum atomic E-state index is 12.8. The summed E-state index contributed by atoms with van der Waals surface area (Å²) in [5.41, 5.74) is 0.916. The Balaban J connectivity index is 2.31. The van der Waals surface area contributed by atoms with E-state index in [0.717, 1.165) is 17.3 Å². The lowest BCUT2D eigenvalue weighted by Crippen LogP contribution is -2.38. The average molecular weight is 425 g/mol. The molecule has 0 N–H and O–H groups in total. The van der Waals surface area contributed by atoms with Gasteiger partial charge in [0.05, 0.1) is 25.3 Å². The van der Waals surface area contributed by atoms with Gasteiger partial charge < -0.3 is 14.4 Å². The molecule has 2 amide bonds. The maximum Gasteiger partial charge on any atom is 0.331 e. The minimum absolute atomic E-state index is 0.122. The number of thioether (sulfide) groups is 1. The van der Waals surface area contributed by atoms with Crippen LogP contribution in [0.25, 0.3) is 0 Å². The van der Waals surface area contributed by atoms with Crippen molar-refractivity contribution in [3.05, 3.63) is 35.9 Å². The highest BCUT2D eigenvalue weighted by Gasteiger charge is 2.46. The van der Waals surface area contributed by atoms with Crippen molar-refractivity contribution in [1.82, 2.24) is 9.80 Å². The van der Waals surface area contributed by atoms with Crippen molar-refractivity contribution >= 4 is 46.3 Å². The number of urea groups is 1. The molecule has 0 saturated carbocycles. The van der Waals surface area contributed by atoms with Gasteiger partial charge in [0.25, 0.3) is 0 Å². The van der Waals surface area contributed by atoms with E-state index in [1.807, 2.05) is 37.3 Å². The first-order chi connectivity index (χ1) is 13.3. The highest BCUT2D eigenvalue weighted by atomic mass is 32.2. The lowest BCUT2D eigenvalue weighted by Gasteiger charge is -2.26. The highest BCUT2D eigenvalue weighted by molar-refractivity contribution is 8.24. The number of esters is 2. The molecule has 0 spiro atoms. The molecule has 1 heterocycles. The third kappa shape index (κ3) is 4.64. The predicted molar refractivity (Wildman–Crippen MR) is 111 cm³/mol. The van der Waals surface area contributed by atoms with Crippen molar-refractivity contribution in [2.24, 2.45) is 0 Å². The van der Waals surface area contributed by atoms with Gasteiger partial charge in [-0.1, -0.05) is 54.3 Å². The van der Waals surface area contributed by atoms with Gasteiger partial charge in [-0.25, -0.2) is 4.79 Å². The topological polar surface area (TPSA) is 76.2 Å². The molecule has 1 aliphatic rings. The second-order valence-electron chi connectivity index (χ2n) is 6.13. The van der Waals surface area contributed by atoms with Gasteiger partial charge >= 0.3 is 18.0 Å². The molecule has 0 aromatic heterocycles. The molecule has 28 heavy (non-hydrogen) atoms. The normalized spacial score (nSPS) is 19.1. The summed E-state index contributed by atoms with van der Waals surface area (Å²) in [5, 5.41) is -1.28. The van der Waals surface area contributed by atoms with Crippen molar-refractivity contribution in [1.29, 1.82) is 0 Å². The standard InChI is InChI=1S/C19H24N2O5S2/c1-5-25-16(22)15(17(23)26-6-2)28-19(27)21-14(12(3)20(4)18(21)24)13-10-8-7-9-11-13/h7-12,14-15H,5-6H2,1-4H3. The second kappa shape index (κ2) is 9.88. The molecule has 0 radical (unpaired) electrons. The van der Waals surface area contributed by atoms with E-state index in [4.69, 9.17) is 21.7 Å². The van der Waals surface area contributed by atoms with Crippen LogP contribution in [0.1, 0.15) is 32.4 Å². The van der Waals surface area contributed by atoms with Crippen molar-refractivity contribution in [3.63, 3.8) is 0 Å². The minimum atomic E-state index is -1.28. The van der Waals surface area contributed by atoms with Gasteiger partial charge in [0.15, 0.2) is 0 Å². The van der Waals surface area contributed by atoms with Crippen LogP contribution in [0.2, 0.25) is 0 Å². The second-order valence-corrected chi connectivity index (χ2v) is 7.87. The molecule has 2 atom stereocenters. The molecule has 2 unspecified atom stereocenters. The molecule has 152 valence electrons. The summed E-state index contributed by atoms with van der Waals surface area (Å²) in [7, 11) is 1.70. The smallest absolute Gasteiger partial charge is 0.331 e. The van der Waals surface area contributed by atoms with Crippen LogP contribution in [0.15, 0.2) is 30.3 Å².